The molecule has 1 rings (SSSR count). The monoisotopic (exact) mass is 356 g/mol. The normalized spacial score (nSPS) is 20.4. The summed E-state index contributed by atoms with van der Waals surface area (Å²) in [5.41, 5.74) is 6.00. The van der Waals surface area contributed by atoms with Crippen LogP contribution in [-0.2, 0) is 4.43 Å². The highest BCUT2D eigenvalue weighted by atomic mass is 28.4. The lowest BCUT2D eigenvalue weighted by atomic mass is 9.83. The maximum atomic E-state index is 6.73. The molecule has 1 aliphatic carbocycles. The van der Waals surface area contributed by atoms with Crippen molar-refractivity contribution < 1.29 is 4.43 Å². The average Bonchev–Trinajstić information content (AvgIpc) is 2.86. The van der Waals surface area contributed by atoms with Gasteiger partial charge in [-0.05, 0) is 61.9 Å². The van der Waals surface area contributed by atoms with E-state index in [1.165, 1.54) is 24.0 Å². The van der Waals surface area contributed by atoms with Crippen LogP contribution in [0.2, 0.25) is 18.1 Å². The van der Waals surface area contributed by atoms with Crippen molar-refractivity contribution in [2.24, 2.45) is 11.8 Å². The molecule has 3 unspecified atom stereocenters. The zero-order valence-corrected chi connectivity index (χ0v) is 18.3. The van der Waals surface area contributed by atoms with Gasteiger partial charge in [0, 0.05) is 6.42 Å². The van der Waals surface area contributed by atoms with Gasteiger partial charge in [0.1, 0.15) is 0 Å². The van der Waals surface area contributed by atoms with E-state index in [1.807, 2.05) is 6.08 Å². The molecule has 25 heavy (non-hydrogen) atoms. The van der Waals surface area contributed by atoms with Gasteiger partial charge in [-0.25, -0.2) is 0 Å². The Morgan fingerprint density at radius 2 is 2.00 bits per heavy atom. The van der Waals surface area contributed by atoms with Gasteiger partial charge >= 0.3 is 0 Å². The van der Waals surface area contributed by atoms with Crippen LogP contribution in [0, 0.1) is 23.7 Å². The molecule has 0 heterocycles. The van der Waals surface area contributed by atoms with Crippen LogP contribution in [0.5, 0.6) is 0 Å². The molecule has 0 aromatic rings. The minimum atomic E-state index is -1.85. The molecule has 0 radical (unpaired) electrons. The van der Waals surface area contributed by atoms with Gasteiger partial charge in [-0.1, -0.05) is 63.8 Å². The molecule has 0 bridgehead atoms. The quantitative estimate of drug-likeness (QED) is 0.224. The van der Waals surface area contributed by atoms with Crippen LogP contribution in [0.3, 0.4) is 0 Å². The Kier molecular flexibility index (Phi) is 7.76. The summed E-state index contributed by atoms with van der Waals surface area (Å²) >= 11 is 0. The number of hydrogen-bond acceptors (Lipinski definition) is 1. The predicted molar refractivity (Wildman–Crippen MR) is 113 cm³/mol. The first-order valence-corrected chi connectivity index (χ1v) is 12.3. The minimum Gasteiger partial charge on any atom is -0.410 e. The highest BCUT2D eigenvalue weighted by molar-refractivity contribution is 6.74. The fourth-order valence-corrected chi connectivity index (χ4v) is 4.58. The first-order valence-electron chi connectivity index (χ1n) is 9.36. The maximum Gasteiger partial charge on any atom is 0.192 e. The molecule has 0 aliphatic heterocycles. The summed E-state index contributed by atoms with van der Waals surface area (Å²) in [6.07, 6.45) is 6.98. The number of allylic oxidation sites excluding steroid dienone is 3. The minimum absolute atomic E-state index is 0.0663. The second kappa shape index (κ2) is 8.90. The lowest BCUT2D eigenvalue weighted by molar-refractivity contribution is 0.140. The topological polar surface area (TPSA) is 9.23 Å². The first-order chi connectivity index (χ1) is 11.5. The van der Waals surface area contributed by atoms with Crippen molar-refractivity contribution in [1.82, 2.24) is 0 Å². The van der Waals surface area contributed by atoms with Crippen LogP contribution in [0.4, 0.5) is 0 Å². The Bertz CT molecular complexity index is 615. The molecular formula is C23H36OSi. The Morgan fingerprint density at radius 1 is 1.36 bits per heavy atom. The smallest absolute Gasteiger partial charge is 0.192 e. The van der Waals surface area contributed by atoms with Gasteiger partial charge in [-0.15, -0.1) is 5.73 Å². The van der Waals surface area contributed by atoms with Crippen molar-refractivity contribution in [3.8, 4) is 11.8 Å². The van der Waals surface area contributed by atoms with E-state index in [-0.39, 0.29) is 11.1 Å². The molecule has 0 aromatic carbocycles. The molecule has 1 aliphatic rings. The van der Waals surface area contributed by atoms with Gasteiger partial charge in [0.15, 0.2) is 8.32 Å². The molecule has 0 fully saturated rings. The summed E-state index contributed by atoms with van der Waals surface area (Å²) in [7, 11) is -1.85. The molecule has 0 saturated carbocycles. The molecule has 0 aromatic heterocycles. The van der Waals surface area contributed by atoms with Crippen LogP contribution < -0.4 is 0 Å². The molecule has 0 spiro atoms. The maximum absolute atomic E-state index is 6.73. The van der Waals surface area contributed by atoms with E-state index in [1.54, 1.807) is 6.08 Å². The SMILES string of the molecule is C=C=CC(O[Si](C)(C)C(C)(C)C)C(C)C1CCC(C)=C1CC#CC=C. The zero-order chi connectivity index (χ0) is 19.3. The van der Waals surface area contributed by atoms with Crippen molar-refractivity contribution >= 4 is 8.32 Å². The third-order valence-corrected chi connectivity index (χ3v) is 10.5. The van der Waals surface area contributed by atoms with Crippen LogP contribution in [0.1, 0.15) is 53.9 Å². The first kappa shape index (κ1) is 21.8. The number of hydrogen-bond donors (Lipinski definition) is 0. The third kappa shape index (κ3) is 5.61. The van der Waals surface area contributed by atoms with E-state index in [4.69, 9.17) is 4.43 Å². The van der Waals surface area contributed by atoms with Crippen LogP contribution in [-0.4, -0.2) is 14.4 Å². The van der Waals surface area contributed by atoms with Gasteiger partial charge in [0.05, 0.1) is 6.10 Å². The largest absolute Gasteiger partial charge is 0.410 e. The Hall–Kier alpha value is -1.26. The molecule has 138 valence electrons. The van der Waals surface area contributed by atoms with E-state index in [0.717, 1.165) is 6.42 Å². The summed E-state index contributed by atoms with van der Waals surface area (Å²) in [4.78, 5) is 0. The van der Waals surface area contributed by atoms with E-state index in [0.29, 0.717) is 11.8 Å². The Balaban J connectivity index is 3.04. The summed E-state index contributed by atoms with van der Waals surface area (Å²) in [5.74, 6) is 7.16. The van der Waals surface area contributed by atoms with Crippen LogP contribution in [0.15, 0.2) is 42.2 Å². The predicted octanol–water partition coefficient (Wildman–Crippen LogP) is 6.66. The van der Waals surface area contributed by atoms with Gasteiger partial charge in [0.2, 0.25) is 0 Å². The molecule has 0 N–H and O–H groups in total. The van der Waals surface area contributed by atoms with Crippen molar-refractivity contribution in [2.75, 3.05) is 0 Å². The van der Waals surface area contributed by atoms with Gasteiger partial charge in [-0.3, -0.25) is 0 Å². The third-order valence-electron chi connectivity index (χ3n) is 5.98. The summed E-state index contributed by atoms with van der Waals surface area (Å²) in [5, 5.41) is 0.194. The standard InChI is InChI=1S/C23H36OSi/c1-10-12-13-15-20-18(3)16-17-21(20)19(4)22(14-11-2)24-25(8,9)23(5,6)7/h10,14,19,21-22H,1-2,15-17H2,3-9H3. The van der Waals surface area contributed by atoms with E-state index >= 15 is 0 Å². The van der Waals surface area contributed by atoms with E-state index in [9.17, 15) is 0 Å². The summed E-state index contributed by atoms with van der Waals surface area (Å²) in [6, 6.07) is 0. The Morgan fingerprint density at radius 3 is 2.52 bits per heavy atom. The van der Waals surface area contributed by atoms with Crippen LogP contribution >= 0.6 is 0 Å². The molecule has 0 amide bonds. The fraction of sp³-hybridized carbons (Fsp3) is 0.609. The molecule has 0 saturated heterocycles. The lowest BCUT2D eigenvalue weighted by Gasteiger charge is -2.41. The van der Waals surface area contributed by atoms with Gasteiger partial charge in [-0.2, -0.15) is 0 Å². The van der Waals surface area contributed by atoms with Crippen molar-refractivity contribution in [3.05, 3.63) is 42.2 Å². The van der Waals surface area contributed by atoms with Gasteiger partial charge < -0.3 is 4.43 Å². The molecular weight excluding hydrogens is 320 g/mol. The van der Waals surface area contributed by atoms with Crippen molar-refractivity contribution in [1.29, 1.82) is 0 Å². The number of rotatable bonds is 6. The van der Waals surface area contributed by atoms with Crippen LogP contribution in [0.25, 0.3) is 0 Å². The molecule has 3 atom stereocenters. The lowest BCUT2D eigenvalue weighted by Crippen LogP contribution is -2.45. The highest BCUT2D eigenvalue weighted by Gasteiger charge is 2.41. The zero-order valence-electron chi connectivity index (χ0n) is 17.3. The van der Waals surface area contributed by atoms with E-state index < -0.39 is 8.32 Å². The summed E-state index contributed by atoms with van der Waals surface area (Å²) in [6.45, 7) is 23.6. The molecule has 1 nitrogen and oxygen atoms in total. The van der Waals surface area contributed by atoms with Gasteiger partial charge in [0.25, 0.3) is 0 Å². The summed E-state index contributed by atoms with van der Waals surface area (Å²) < 4.78 is 6.73. The second-order valence-corrected chi connectivity index (χ2v) is 13.5. The van der Waals surface area contributed by atoms with Crippen molar-refractivity contribution in [2.45, 2.75) is 78.1 Å². The molecule has 2 heteroatoms. The van der Waals surface area contributed by atoms with E-state index in [2.05, 4.69) is 78.4 Å². The van der Waals surface area contributed by atoms with Crippen molar-refractivity contribution in [3.63, 3.8) is 0 Å². The fourth-order valence-electron chi connectivity index (χ4n) is 3.26. The Labute approximate surface area is 157 Å². The second-order valence-electron chi connectivity index (χ2n) is 8.73. The highest BCUT2D eigenvalue weighted by Crippen LogP contribution is 2.43. The average molecular weight is 357 g/mol.